The van der Waals surface area contributed by atoms with Crippen LogP contribution in [-0.4, -0.2) is 17.6 Å². The van der Waals surface area contributed by atoms with Gasteiger partial charge in [0.1, 0.15) is 5.00 Å². The van der Waals surface area contributed by atoms with Gasteiger partial charge in [-0.3, -0.25) is 0 Å². The van der Waals surface area contributed by atoms with Crippen LogP contribution in [0.25, 0.3) is 0 Å². The van der Waals surface area contributed by atoms with Gasteiger partial charge < -0.3 is 10.1 Å². The molecule has 2 aromatic rings. The fraction of sp³-hybridized carbons (Fsp3) is 0.333. The Kier molecular flexibility index (Phi) is 4.29. The minimum atomic E-state index is -4.43. The lowest BCUT2D eigenvalue weighted by Gasteiger charge is -2.13. The number of halogens is 3. The van der Waals surface area contributed by atoms with Crippen LogP contribution < -0.4 is 10.1 Å². The largest absolute Gasteiger partial charge is 0.479 e. The number of hydrogen-bond donors (Lipinski definition) is 1. The highest BCUT2D eigenvalue weighted by atomic mass is 32.1. The Bertz CT molecular complexity index is 809. The number of ether oxygens (including phenoxy) is 1. The second-order valence-corrected chi connectivity index (χ2v) is 6.09. The van der Waals surface area contributed by atoms with Gasteiger partial charge in [-0.1, -0.05) is 0 Å². The third kappa shape index (κ3) is 3.42. The summed E-state index contributed by atoms with van der Waals surface area (Å²) in [4.78, 5) is 14.0. The number of nitrogens with one attached hydrogen (secondary N) is 1. The molecule has 0 radical (unpaired) electrons. The lowest BCUT2D eigenvalue weighted by Crippen LogP contribution is -2.06. The first-order chi connectivity index (χ1) is 11.4. The van der Waals surface area contributed by atoms with Crippen molar-refractivity contribution in [3.63, 3.8) is 0 Å². The Hall–Kier alpha value is -2.38. The summed E-state index contributed by atoms with van der Waals surface area (Å²) >= 11 is 0.939. The zero-order valence-electron chi connectivity index (χ0n) is 12.5. The lowest BCUT2D eigenvalue weighted by atomic mass is 10.1. The molecule has 1 saturated carbocycles. The summed E-state index contributed by atoms with van der Waals surface area (Å²) in [5, 5.41) is 3.17. The van der Waals surface area contributed by atoms with Gasteiger partial charge in [-0.15, -0.1) is 0 Å². The average molecular weight is 355 g/mol. The van der Waals surface area contributed by atoms with Crippen molar-refractivity contribution >= 4 is 34.0 Å². The van der Waals surface area contributed by atoms with Crippen molar-refractivity contribution < 1.29 is 22.7 Å². The Morgan fingerprint density at radius 3 is 2.71 bits per heavy atom. The van der Waals surface area contributed by atoms with Gasteiger partial charge in [0.05, 0.1) is 12.7 Å². The van der Waals surface area contributed by atoms with Crippen LogP contribution in [0, 0.1) is 0 Å². The maximum absolute atomic E-state index is 13.1. The van der Waals surface area contributed by atoms with E-state index in [0.29, 0.717) is 10.6 Å². The van der Waals surface area contributed by atoms with Crippen LogP contribution in [0.3, 0.4) is 0 Å². The van der Waals surface area contributed by atoms with E-state index in [-0.39, 0.29) is 23.2 Å². The van der Waals surface area contributed by atoms with Gasteiger partial charge in [-0.05, 0) is 54.1 Å². The zero-order valence-corrected chi connectivity index (χ0v) is 13.3. The number of aliphatic imine (C=N–C) groups is 1. The lowest BCUT2D eigenvalue weighted by molar-refractivity contribution is -0.137. The molecule has 9 heteroatoms. The van der Waals surface area contributed by atoms with Crippen molar-refractivity contribution in [2.75, 3.05) is 12.4 Å². The van der Waals surface area contributed by atoms with E-state index < -0.39 is 11.7 Å². The molecule has 1 aromatic carbocycles. The van der Waals surface area contributed by atoms with Gasteiger partial charge in [-0.25, -0.2) is 4.79 Å². The highest BCUT2D eigenvalue weighted by Gasteiger charge is 2.33. The van der Waals surface area contributed by atoms with E-state index in [1.165, 1.54) is 19.3 Å². The normalized spacial score (nSPS) is 14.2. The molecule has 1 heterocycles. The molecule has 3 rings (SSSR count). The maximum atomic E-state index is 13.1. The second kappa shape index (κ2) is 6.26. The average Bonchev–Trinajstić information content (AvgIpc) is 3.31. The number of nitrogens with zero attached hydrogens (tertiary/aromatic N) is 2. The molecule has 5 nitrogen and oxygen atoms in total. The van der Waals surface area contributed by atoms with E-state index in [1.807, 2.05) is 0 Å². The van der Waals surface area contributed by atoms with Crippen molar-refractivity contribution in [3.05, 3.63) is 29.3 Å². The minimum absolute atomic E-state index is 0.111. The number of rotatable bonds is 5. The third-order valence-corrected chi connectivity index (χ3v) is 4.31. The number of alkyl halides is 3. The molecule has 0 amide bonds. The van der Waals surface area contributed by atoms with Crippen LogP contribution in [-0.2, 0) is 11.0 Å². The molecule has 1 aliphatic carbocycles. The summed E-state index contributed by atoms with van der Waals surface area (Å²) in [6.07, 6.45) is -1.28. The Morgan fingerprint density at radius 2 is 2.12 bits per heavy atom. The molecule has 0 saturated heterocycles. The van der Waals surface area contributed by atoms with E-state index in [9.17, 15) is 18.0 Å². The molecule has 126 valence electrons. The monoisotopic (exact) mass is 355 g/mol. The van der Waals surface area contributed by atoms with Crippen LogP contribution in [0.2, 0.25) is 0 Å². The van der Waals surface area contributed by atoms with Gasteiger partial charge in [-0.2, -0.15) is 22.5 Å². The number of aromatic nitrogens is 1. The number of anilines is 2. The highest BCUT2D eigenvalue weighted by Crippen LogP contribution is 2.45. The number of carbonyl (C=O) groups excluding carboxylic acids is 1. The first-order valence-corrected chi connectivity index (χ1v) is 7.80. The van der Waals surface area contributed by atoms with E-state index in [1.54, 1.807) is 6.07 Å². The summed E-state index contributed by atoms with van der Waals surface area (Å²) in [7, 11) is 1.36. The van der Waals surface area contributed by atoms with E-state index in [4.69, 9.17) is 4.74 Å². The molecule has 0 spiro atoms. The molecule has 1 aromatic heterocycles. The SMILES string of the molecule is COc1nsc(Nc2cc(C3CC3)cc(C(F)(F)F)c2)c1N=C=O. The maximum Gasteiger partial charge on any atom is 0.416 e. The smallest absolute Gasteiger partial charge is 0.416 e. The summed E-state index contributed by atoms with van der Waals surface area (Å²) in [6.45, 7) is 0. The van der Waals surface area contributed by atoms with Crippen LogP contribution in [0.15, 0.2) is 23.2 Å². The Balaban J connectivity index is 1.99. The molecular formula is C15H12F3N3O2S. The standard InChI is InChI=1S/C15H12F3N3O2S/c1-23-13-12(19-7-22)14(24-21-13)20-11-5-9(8-2-3-8)4-10(6-11)15(16,17)18/h4-6,8,20H,2-3H2,1H3. The minimum Gasteiger partial charge on any atom is -0.479 e. The second-order valence-electron chi connectivity index (χ2n) is 5.31. The number of hydrogen-bond acceptors (Lipinski definition) is 6. The third-order valence-electron chi connectivity index (χ3n) is 3.58. The van der Waals surface area contributed by atoms with Crippen LogP contribution in [0.5, 0.6) is 5.88 Å². The van der Waals surface area contributed by atoms with Crippen LogP contribution in [0.4, 0.5) is 29.5 Å². The van der Waals surface area contributed by atoms with Gasteiger partial charge in [0.15, 0.2) is 5.69 Å². The number of benzene rings is 1. The van der Waals surface area contributed by atoms with Crippen molar-refractivity contribution in [1.29, 1.82) is 0 Å². The van der Waals surface area contributed by atoms with E-state index in [2.05, 4.69) is 14.7 Å². The van der Waals surface area contributed by atoms with Crippen molar-refractivity contribution in [3.8, 4) is 5.88 Å². The van der Waals surface area contributed by atoms with E-state index >= 15 is 0 Å². The number of isocyanates is 1. The predicted molar refractivity (Wildman–Crippen MR) is 83.1 cm³/mol. The quantitative estimate of drug-likeness (QED) is 0.620. The molecule has 0 atom stereocenters. The predicted octanol–water partition coefficient (Wildman–Crippen LogP) is 4.76. The summed E-state index contributed by atoms with van der Waals surface area (Å²) in [5.74, 6) is 0.275. The summed E-state index contributed by atoms with van der Waals surface area (Å²) < 4.78 is 48.2. The Labute approximate surface area is 139 Å². The van der Waals surface area contributed by atoms with Gasteiger partial charge >= 0.3 is 6.18 Å². The van der Waals surface area contributed by atoms with Crippen molar-refractivity contribution in [1.82, 2.24) is 4.37 Å². The topological polar surface area (TPSA) is 63.6 Å². The fourth-order valence-corrected chi connectivity index (χ4v) is 3.02. The Morgan fingerprint density at radius 1 is 1.38 bits per heavy atom. The van der Waals surface area contributed by atoms with Crippen LogP contribution >= 0.6 is 11.5 Å². The summed E-state index contributed by atoms with van der Waals surface area (Å²) in [5.41, 5.74) is 0.304. The first-order valence-electron chi connectivity index (χ1n) is 7.03. The van der Waals surface area contributed by atoms with Crippen molar-refractivity contribution in [2.24, 2.45) is 4.99 Å². The molecule has 1 fully saturated rings. The van der Waals surface area contributed by atoms with Gasteiger partial charge in [0, 0.05) is 5.69 Å². The summed E-state index contributed by atoms with van der Waals surface area (Å²) in [6, 6.07) is 3.88. The van der Waals surface area contributed by atoms with Crippen molar-refractivity contribution in [2.45, 2.75) is 24.9 Å². The molecule has 0 aliphatic heterocycles. The van der Waals surface area contributed by atoms with Gasteiger partial charge in [0.2, 0.25) is 6.08 Å². The fourth-order valence-electron chi connectivity index (χ4n) is 2.30. The van der Waals surface area contributed by atoms with Crippen LogP contribution in [0.1, 0.15) is 29.9 Å². The van der Waals surface area contributed by atoms with Gasteiger partial charge in [0.25, 0.3) is 5.88 Å². The molecule has 24 heavy (non-hydrogen) atoms. The van der Waals surface area contributed by atoms with E-state index in [0.717, 1.165) is 30.4 Å². The molecule has 0 bridgehead atoms. The molecule has 1 N–H and O–H groups in total. The molecular weight excluding hydrogens is 343 g/mol. The highest BCUT2D eigenvalue weighted by molar-refractivity contribution is 7.11. The number of methoxy groups -OCH3 is 1. The molecule has 1 aliphatic rings. The first kappa shape index (κ1) is 16.5. The molecule has 0 unspecified atom stereocenters. The zero-order chi connectivity index (χ0) is 17.3.